The molecule has 2 N–H and O–H groups in total. The number of halogens is 2. The van der Waals surface area contributed by atoms with Crippen molar-refractivity contribution in [2.45, 2.75) is 19.5 Å². The minimum Gasteiger partial charge on any atom is -0.456 e. The highest BCUT2D eigenvalue weighted by atomic mass is 19.3. The number of ether oxygens (including phenoxy) is 2. The summed E-state index contributed by atoms with van der Waals surface area (Å²) in [5, 5.41) is 3.42. The summed E-state index contributed by atoms with van der Waals surface area (Å²) in [6.45, 7) is -3.53. The first-order chi connectivity index (χ1) is 13.5. The van der Waals surface area contributed by atoms with Gasteiger partial charge in [0.25, 0.3) is 5.91 Å². The van der Waals surface area contributed by atoms with Crippen molar-refractivity contribution in [1.29, 1.82) is 0 Å². The van der Waals surface area contributed by atoms with E-state index in [1.807, 2.05) is 30.5 Å². The van der Waals surface area contributed by atoms with Gasteiger partial charge in [-0.3, -0.25) is 9.59 Å². The quantitative estimate of drug-likeness (QED) is 0.574. The number of carbonyl (C=O) groups is 2. The molecule has 0 fully saturated rings. The molecule has 1 amide bonds. The molecule has 28 heavy (non-hydrogen) atoms. The lowest BCUT2D eigenvalue weighted by Gasteiger charge is -2.11. The van der Waals surface area contributed by atoms with Gasteiger partial charge in [0.2, 0.25) is 0 Å². The molecule has 146 valence electrons. The van der Waals surface area contributed by atoms with E-state index in [2.05, 4.69) is 15.0 Å². The molecular formula is C20H18F2N2O4. The average Bonchev–Trinajstić information content (AvgIpc) is 3.09. The van der Waals surface area contributed by atoms with Crippen molar-refractivity contribution >= 4 is 28.5 Å². The van der Waals surface area contributed by atoms with Crippen LogP contribution in [0.15, 0.2) is 54.7 Å². The summed E-state index contributed by atoms with van der Waals surface area (Å²) in [4.78, 5) is 27.0. The number of esters is 1. The van der Waals surface area contributed by atoms with Gasteiger partial charge in [0, 0.05) is 23.5 Å². The highest BCUT2D eigenvalue weighted by Crippen LogP contribution is 2.25. The number of amides is 1. The van der Waals surface area contributed by atoms with Crippen molar-refractivity contribution in [2.75, 3.05) is 11.9 Å². The number of anilines is 1. The second kappa shape index (κ2) is 8.98. The van der Waals surface area contributed by atoms with E-state index in [-0.39, 0.29) is 17.9 Å². The number of H-pyrrole nitrogens is 1. The molecule has 0 unspecified atom stereocenters. The standard InChI is InChI=1S/C20H18F2N2O4/c21-20(22)28-17-8-4-3-7-16(17)24-18(25)12-27-19(26)10-9-13-11-23-15-6-2-1-5-14(13)15/h1-8,11,20,23H,9-10,12H2,(H,24,25). The van der Waals surface area contributed by atoms with E-state index < -0.39 is 25.1 Å². The van der Waals surface area contributed by atoms with E-state index in [9.17, 15) is 18.4 Å². The monoisotopic (exact) mass is 388 g/mol. The number of alkyl halides is 2. The maximum absolute atomic E-state index is 12.4. The molecule has 0 atom stereocenters. The van der Waals surface area contributed by atoms with Gasteiger partial charge in [-0.1, -0.05) is 30.3 Å². The third kappa shape index (κ3) is 5.06. The highest BCUT2D eigenvalue weighted by Gasteiger charge is 2.13. The highest BCUT2D eigenvalue weighted by molar-refractivity contribution is 5.94. The van der Waals surface area contributed by atoms with Crippen molar-refractivity contribution < 1.29 is 27.8 Å². The molecule has 8 heteroatoms. The normalized spacial score (nSPS) is 10.8. The van der Waals surface area contributed by atoms with Gasteiger partial charge in [0.05, 0.1) is 5.69 Å². The molecule has 0 spiro atoms. The largest absolute Gasteiger partial charge is 0.456 e. The van der Waals surface area contributed by atoms with Gasteiger partial charge in [-0.15, -0.1) is 0 Å². The van der Waals surface area contributed by atoms with E-state index in [4.69, 9.17) is 4.74 Å². The van der Waals surface area contributed by atoms with Crippen LogP contribution in [0.3, 0.4) is 0 Å². The number of carbonyl (C=O) groups excluding carboxylic acids is 2. The lowest BCUT2D eigenvalue weighted by Crippen LogP contribution is -2.21. The Morgan fingerprint density at radius 1 is 1.07 bits per heavy atom. The molecule has 0 saturated heterocycles. The fourth-order valence-electron chi connectivity index (χ4n) is 2.75. The van der Waals surface area contributed by atoms with E-state index in [0.29, 0.717) is 6.42 Å². The average molecular weight is 388 g/mol. The lowest BCUT2D eigenvalue weighted by molar-refractivity contribution is -0.147. The molecule has 6 nitrogen and oxygen atoms in total. The predicted octanol–water partition coefficient (Wildman–Crippen LogP) is 3.88. The van der Waals surface area contributed by atoms with Crippen molar-refractivity contribution in [2.24, 2.45) is 0 Å². The molecule has 2 aromatic carbocycles. The number of aromatic nitrogens is 1. The Labute approximate surface area is 159 Å². The molecule has 1 heterocycles. The number of para-hydroxylation sites is 3. The molecule has 0 radical (unpaired) electrons. The minimum absolute atomic E-state index is 0.0719. The van der Waals surface area contributed by atoms with Crippen LogP contribution in [0.25, 0.3) is 10.9 Å². The molecule has 0 aliphatic carbocycles. The first kappa shape index (κ1) is 19.3. The van der Waals surface area contributed by atoms with E-state index in [0.717, 1.165) is 16.5 Å². The lowest BCUT2D eigenvalue weighted by atomic mass is 10.1. The number of hydrogen-bond acceptors (Lipinski definition) is 4. The third-order valence-corrected chi connectivity index (χ3v) is 4.01. The first-order valence-electron chi connectivity index (χ1n) is 8.57. The summed E-state index contributed by atoms with van der Waals surface area (Å²) in [5.74, 6) is -1.35. The Hall–Kier alpha value is -3.42. The van der Waals surface area contributed by atoms with Crippen LogP contribution in [0.1, 0.15) is 12.0 Å². The molecule has 1 aromatic heterocycles. The second-order valence-electron chi connectivity index (χ2n) is 5.94. The Morgan fingerprint density at radius 2 is 1.82 bits per heavy atom. The Balaban J connectivity index is 1.47. The number of nitrogens with one attached hydrogen (secondary N) is 2. The third-order valence-electron chi connectivity index (χ3n) is 4.01. The molecule has 0 aliphatic rings. The zero-order chi connectivity index (χ0) is 19.9. The summed E-state index contributed by atoms with van der Waals surface area (Å²) in [5.41, 5.74) is 2.03. The Bertz CT molecular complexity index is 972. The number of hydrogen-bond donors (Lipinski definition) is 2. The fraction of sp³-hybridized carbons (Fsp3) is 0.200. The Morgan fingerprint density at radius 3 is 2.64 bits per heavy atom. The van der Waals surface area contributed by atoms with Gasteiger partial charge < -0.3 is 19.8 Å². The van der Waals surface area contributed by atoms with Crippen molar-refractivity contribution in [3.8, 4) is 5.75 Å². The van der Waals surface area contributed by atoms with Crippen molar-refractivity contribution in [1.82, 2.24) is 4.98 Å². The number of aromatic amines is 1. The van der Waals surface area contributed by atoms with Crippen molar-refractivity contribution in [3.63, 3.8) is 0 Å². The van der Waals surface area contributed by atoms with Gasteiger partial charge in [0.15, 0.2) is 6.61 Å². The minimum atomic E-state index is -3.01. The van der Waals surface area contributed by atoms with E-state index >= 15 is 0 Å². The predicted molar refractivity (Wildman–Crippen MR) is 99.3 cm³/mol. The van der Waals surface area contributed by atoms with Crippen molar-refractivity contribution in [3.05, 3.63) is 60.3 Å². The van der Waals surface area contributed by atoms with Crippen LogP contribution in [0.4, 0.5) is 14.5 Å². The zero-order valence-corrected chi connectivity index (χ0v) is 14.8. The summed E-state index contributed by atoms with van der Waals surface area (Å²) < 4.78 is 34.1. The Kier molecular flexibility index (Phi) is 6.21. The number of benzene rings is 2. The maximum atomic E-state index is 12.4. The maximum Gasteiger partial charge on any atom is 0.387 e. The smallest absolute Gasteiger partial charge is 0.387 e. The number of rotatable bonds is 8. The molecule has 0 saturated carbocycles. The van der Waals surface area contributed by atoms with E-state index in [1.165, 1.54) is 18.2 Å². The van der Waals surface area contributed by atoms with Gasteiger partial charge in [-0.05, 0) is 30.2 Å². The molecule has 0 bridgehead atoms. The van der Waals surface area contributed by atoms with Crippen LogP contribution >= 0.6 is 0 Å². The van der Waals surface area contributed by atoms with Crippen LogP contribution in [0.5, 0.6) is 5.75 Å². The van der Waals surface area contributed by atoms with E-state index in [1.54, 1.807) is 6.07 Å². The van der Waals surface area contributed by atoms with Crippen LogP contribution < -0.4 is 10.1 Å². The van der Waals surface area contributed by atoms with Gasteiger partial charge in [-0.2, -0.15) is 8.78 Å². The fourth-order valence-corrected chi connectivity index (χ4v) is 2.75. The summed E-state index contributed by atoms with van der Waals surface area (Å²) in [6, 6.07) is 13.5. The summed E-state index contributed by atoms with van der Waals surface area (Å²) in [7, 11) is 0. The van der Waals surface area contributed by atoms with Crippen LogP contribution in [0.2, 0.25) is 0 Å². The van der Waals surface area contributed by atoms with Crippen LogP contribution in [-0.4, -0.2) is 30.1 Å². The molecule has 0 aliphatic heterocycles. The van der Waals surface area contributed by atoms with Crippen LogP contribution in [0, 0.1) is 0 Å². The molecule has 3 rings (SSSR count). The van der Waals surface area contributed by atoms with Crippen LogP contribution in [-0.2, 0) is 20.7 Å². The number of fused-ring (bicyclic) bond motifs is 1. The summed E-state index contributed by atoms with van der Waals surface area (Å²) in [6.07, 6.45) is 2.42. The summed E-state index contributed by atoms with van der Waals surface area (Å²) >= 11 is 0. The SMILES string of the molecule is O=C(COC(=O)CCc1c[nH]c2ccccc12)Nc1ccccc1OC(F)F. The second-order valence-corrected chi connectivity index (χ2v) is 5.94. The topological polar surface area (TPSA) is 80.4 Å². The van der Waals surface area contributed by atoms with Gasteiger partial charge in [-0.25, -0.2) is 0 Å². The molecule has 3 aromatic rings. The van der Waals surface area contributed by atoms with Gasteiger partial charge in [0.1, 0.15) is 5.75 Å². The van der Waals surface area contributed by atoms with Gasteiger partial charge >= 0.3 is 12.6 Å². The first-order valence-corrected chi connectivity index (χ1v) is 8.57. The molecular weight excluding hydrogens is 370 g/mol. The number of aryl methyl sites for hydroxylation is 1. The zero-order valence-electron chi connectivity index (χ0n) is 14.8.